The quantitative estimate of drug-likeness (QED) is 0.303. The number of rotatable bonds is 8. The Morgan fingerprint density at radius 1 is 0.977 bits per heavy atom. The van der Waals surface area contributed by atoms with Crippen LogP contribution in [0.15, 0.2) is 60.7 Å². The first kappa shape index (κ1) is 32.9. The van der Waals surface area contributed by atoms with E-state index in [0.717, 1.165) is 36.1 Å². The highest BCUT2D eigenvalue weighted by molar-refractivity contribution is 6.42. The number of ether oxygens (including phenoxy) is 2. The Morgan fingerprint density at radius 3 is 2.35 bits per heavy atom. The Balaban J connectivity index is 0.00000423. The fourth-order valence-corrected chi connectivity index (χ4v) is 7.19. The Bertz CT molecular complexity index is 1470. The fraction of sp³-hybridized carbons (Fsp3) is 0.394. The van der Waals surface area contributed by atoms with Crippen LogP contribution in [0, 0.1) is 5.92 Å². The highest BCUT2D eigenvalue weighted by Gasteiger charge is 2.48. The number of piperidine rings is 1. The molecule has 5 rings (SSSR count). The lowest BCUT2D eigenvalue weighted by Gasteiger charge is -2.49. The maximum Gasteiger partial charge on any atom is 0.261 e. The highest BCUT2D eigenvalue weighted by atomic mass is 35.5. The van der Waals surface area contributed by atoms with E-state index >= 15 is 0 Å². The molecule has 7 nitrogen and oxygen atoms in total. The smallest absolute Gasteiger partial charge is 0.261 e. The van der Waals surface area contributed by atoms with Crippen molar-refractivity contribution in [1.29, 1.82) is 0 Å². The van der Waals surface area contributed by atoms with Crippen LogP contribution in [0.2, 0.25) is 10.0 Å². The van der Waals surface area contributed by atoms with E-state index in [2.05, 4.69) is 24.0 Å². The van der Waals surface area contributed by atoms with Gasteiger partial charge in [-0.25, -0.2) is 0 Å². The van der Waals surface area contributed by atoms with Gasteiger partial charge in [0.05, 0.1) is 24.3 Å². The maximum atomic E-state index is 14.1. The standard InChI is InChI=1S/C33H37Cl2N3O4.ClH/c1-4-33(22-8-6-5-7-9-22)20-38(17-15-25(33)31(36)39)23-14-16-37(19-23)32(40)29-28(41-2)13-11-24(30(29)42-3)21-10-12-26(34)27(35)18-21;/h5-13,18,23,25H,4,14-17,19-20H2,1-3H3,(H2,36,39);1H. The summed E-state index contributed by atoms with van der Waals surface area (Å²) in [5, 5.41) is 0.868. The van der Waals surface area contributed by atoms with Gasteiger partial charge in [-0.05, 0) is 61.2 Å². The summed E-state index contributed by atoms with van der Waals surface area (Å²) in [6.07, 6.45) is 2.32. The average Bonchev–Trinajstić information content (AvgIpc) is 3.52. The number of nitrogens with zero attached hydrogens (tertiary/aromatic N) is 2. The number of carbonyl (C=O) groups excluding carboxylic acids is 2. The summed E-state index contributed by atoms with van der Waals surface area (Å²) in [7, 11) is 3.10. The van der Waals surface area contributed by atoms with Gasteiger partial charge in [-0.2, -0.15) is 0 Å². The molecule has 230 valence electrons. The molecule has 0 aliphatic carbocycles. The number of benzene rings is 3. The van der Waals surface area contributed by atoms with Gasteiger partial charge in [-0.3, -0.25) is 14.5 Å². The van der Waals surface area contributed by atoms with Crippen LogP contribution in [0.25, 0.3) is 11.1 Å². The second kappa shape index (κ2) is 13.8. The van der Waals surface area contributed by atoms with Crippen LogP contribution in [0.5, 0.6) is 11.5 Å². The third-order valence-corrected chi connectivity index (χ3v) is 9.87. The molecule has 2 heterocycles. The van der Waals surface area contributed by atoms with Gasteiger partial charge in [0, 0.05) is 42.6 Å². The third kappa shape index (κ3) is 6.18. The average molecular weight is 647 g/mol. The van der Waals surface area contributed by atoms with Gasteiger partial charge >= 0.3 is 0 Å². The summed E-state index contributed by atoms with van der Waals surface area (Å²) in [4.78, 5) is 31.1. The van der Waals surface area contributed by atoms with Crippen LogP contribution < -0.4 is 15.2 Å². The molecule has 0 radical (unpaired) electrons. The van der Waals surface area contributed by atoms with Crippen LogP contribution in [-0.4, -0.2) is 68.1 Å². The zero-order chi connectivity index (χ0) is 30.0. The molecule has 3 atom stereocenters. The Morgan fingerprint density at radius 2 is 1.72 bits per heavy atom. The molecular formula is C33H38Cl3N3O4. The first-order valence-electron chi connectivity index (χ1n) is 14.3. The number of likely N-dealkylation sites (tertiary alicyclic amines) is 2. The van der Waals surface area contributed by atoms with Gasteiger partial charge in [-0.1, -0.05) is 66.5 Å². The van der Waals surface area contributed by atoms with Crippen molar-refractivity contribution >= 4 is 47.4 Å². The topological polar surface area (TPSA) is 85.1 Å². The molecule has 43 heavy (non-hydrogen) atoms. The minimum atomic E-state index is -0.372. The summed E-state index contributed by atoms with van der Waals surface area (Å²) >= 11 is 12.5. The van der Waals surface area contributed by atoms with Crippen molar-refractivity contribution in [3.8, 4) is 22.6 Å². The van der Waals surface area contributed by atoms with Crippen LogP contribution in [-0.2, 0) is 10.2 Å². The van der Waals surface area contributed by atoms with Gasteiger partial charge in [0.2, 0.25) is 5.91 Å². The largest absolute Gasteiger partial charge is 0.496 e. The van der Waals surface area contributed by atoms with E-state index in [1.807, 2.05) is 35.2 Å². The molecule has 10 heteroatoms. The molecular weight excluding hydrogens is 609 g/mol. The summed E-state index contributed by atoms with van der Waals surface area (Å²) in [5.41, 5.74) is 8.61. The normalized spacial score (nSPS) is 22.1. The molecule has 2 saturated heterocycles. The number of halogens is 3. The molecule has 2 aliphatic rings. The first-order valence-corrected chi connectivity index (χ1v) is 15.1. The molecule has 0 saturated carbocycles. The Labute approximate surface area is 269 Å². The molecule has 0 spiro atoms. The monoisotopic (exact) mass is 645 g/mol. The van der Waals surface area contributed by atoms with Crippen molar-refractivity contribution in [2.24, 2.45) is 11.7 Å². The van der Waals surface area contributed by atoms with Crippen LogP contribution in [0.1, 0.15) is 42.1 Å². The molecule has 2 aliphatic heterocycles. The predicted octanol–water partition coefficient (Wildman–Crippen LogP) is 6.47. The number of primary amides is 1. The van der Waals surface area contributed by atoms with E-state index in [9.17, 15) is 9.59 Å². The van der Waals surface area contributed by atoms with Crippen molar-refractivity contribution < 1.29 is 19.1 Å². The number of amides is 2. The van der Waals surface area contributed by atoms with Gasteiger partial charge in [-0.15, -0.1) is 12.4 Å². The van der Waals surface area contributed by atoms with Gasteiger partial charge in [0.1, 0.15) is 17.1 Å². The van der Waals surface area contributed by atoms with Crippen molar-refractivity contribution in [2.75, 3.05) is 40.4 Å². The maximum absolute atomic E-state index is 14.1. The second-order valence-electron chi connectivity index (χ2n) is 11.1. The van der Waals surface area contributed by atoms with Crippen LogP contribution in [0.4, 0.5) is 0 Å². The zero-order valence-corrected chi connectivity index (χ0v) is 27.0. The molecule has 2 amide bonds. The Kier molecular flexibility index (Phi) is 10.5. The lowest BCUT2D eigenvalue weighted by Crippen LogP contribution is -2.58. The third-order valence-electron chi connectivity index (χ3n) is 9.14. The van der Waals surface area contributed by atoms with Crippen molar-refractivity contribution in [3.05, 3.63) is 81.8 Å². The van der Waals surface area contributed by atoms with Crippen molar-refractivity contribution in [3.63, 3.8) is 0 Å². The summed E-state index contributed by atoms with van der Waals surface area (Å²) in [5.74, 6) is 0.241. The SMILES string of the molecule is CCC1(c2ccccc2)CN(C2CCN(C(=O)c3c(OC)ccc(-c4ccc(Cl)c(Cl)c4)c3OC)C2)CCC1C(N)=O.Cl. The molecule has 2 fully saturated rings. The lowest BCUT2D eigenvalue weighted by atomic mass is 9.64. The van der Waals surface area contributed by atoms with E-state index in [1.165, 1.54) is 0 Å². The van der Waals surface area contributed by atoms with Gasteiger partial charge in [0.25, 0.3) is 5.91 Å². The number of methoxy groups -OCH3 is 2. The highest BCUT2D eigenvalue weighted by Crippen LogP contribution is 2.44. The van der Waals surface area contributed by atoms with Gasteiger partial charge in [0.15, 0.2) is 0 Å². The summed E-state index contributed by atoms with van der Waals surface area (Å²) in [6.45, 7) is 4.78. The summed E-state index contributed by atoms with van der Waals surface area (Å²) < 4.78 is 11.5. The zero-order valence-electron chi connectivity index (χ0n) is 24.6. The number of nitrogens with two attached hydrogens (primary N) is 1. The second-order valence-corrected chi connectivity index (χ2v) is 12.0. The first-order chi connectivity index (χ1) is 20.2. The molecule has 3 aromatic rings. The van der Waals surface area contributed by atoms with E-state index in [4.69, 9.17) is 38.4 Å². The molecule has 0 bridgehead atoms. The predicted molar refractivity (Wildman–Crippen MR) is 174 cm³/mol. The minimum Gasteiger partial charge on any atom is -0.496 e. The van der Waals surface area contributed by atoms with Crippen LogP contribution >= 0.6 is 35.6 Å². The lowest BCUT2D eigenvalue weighted by molar-refractivity contribution is -0.127. The van der Waals surface area contributed by atoms with Crippen molar-refractivity contribution in [2.45, 2.75) is 37.6 Å². The van der Waals surface area contributed by atoms with Gasteiger partial charge < -0.3 is 20.1 Å². The molecule has 3 aromatic carbocycles. The number of hydrogen-bond acceptors (Lipinski definition) is 5. The van der Waals surface area contributed by atoms with Crippen LogP contribution in [0.3, 0.4) is 0 Å². The van der Waals surface area contributed by atoms with E-state index in [0.29, 0.717) is 53.2 Å². The van der Waals surface area contributed by atoms with E-state index < -0.39 is 0 Å². The van der Waals surface area contributed by atoms with E-state index in [1.54, 1.807) is 32.4 Å². The fourth-order valence-electron chi connectivity index (χ4n) is 6.90. The number of hydrogen-bond donors (Lipinski definition) is 1. The molecule has 3 unspecified atom stereocenters. The Hall–Kier alpha value is -2.97. The van der Waals surface area contributed by atoms with Crippen molar-refractivity contribution in [1.82, 2.24) is 9.80 Å². The molecule has 2 N–H and O–H groups in total. The minimum absolute atomic E-state index is 0. The van der Waals surface area contributed by atoms with E-state index in [-0.39, 0.29) is 41.6 Å². The summed E-state index contributed by atoms with van der Waals surface area (Å²) in [6, 6.07) is 19.4. The molecule has 0 aromatic heterocycles. The number of carbonyl (C=O) groups is 2.